The lowest BCUT2D eigenvalue weighted by atomic mass is 9.91. The van der Waals surface area contributed by atoms with Crippen LogP contribution in [0.15, 0.2) is 24.2 Å². The van der Waals surface area contributed by atoms with Gasteiger partial charge in [-0.25, -0.2) is 9.03 Å². The van der Waals surface area contributed by atoms with Gasteiger partial charge in [0.2, 0.25) is 5.88 Å². The number of nitrogens with one attached hydrogen (secondary N) is 1. The zero-order chi connectivity index (χ0) is 13.6. The van der Waals surface area contributed by atoms with Gasteiger partial charge in [-0.05, 0) is 48.9 Å². The summed E-state index contributed by atoms with van der Waals surface area (Å²) in [7, 11) is -3.86. The number of phenols is 1. The lowest BCUT2D eigenvalue weighted by Crippen LogP contribution is -2.29. The van der Waals surface area contributed by atoms with Gasteiger partial charge >= 0.3 is 10.2 Å². The van der Waals surface area contributed by atoms with Crippen LogP contribution in [-0.2, 0) is 23.1 Å². The number of fused-ring (bicyclic) bond motifs is 1. The van der Waals surface area contributed by atoms with E-state index in [4.69, 9.17) is 0 Å². The van der Waals surface area contributed by atoms with Gasteiger partial charge in [-0.2, -0.15) is 8.42 Å². The first-order valence-electron chi connectivity index (χ1n) is 6.05. The molecule has 3 N–H and O–H groups in total. The predicted octanol–water partition coefficient (Wildman–Crippen LogP) is 1.28. The van der Waals surface area contributed by atoms with Crippen LogP contribution >= 0.6 is 0 Å². The van der Waals surface area contributed by atoms with Crippen molar-refractivity contribution in [3.8, 4) is 5.75 Å². The van der Waals surface area contributed by atoms with Gasteiger partial charge in [0, 0.05) is 0 Å². The van der Waals surface area contributed by atoms with E-state index in [0.717, 1.165) is 47.3 Å². The van der Waals surface area contributed by atoms with Crippen LogP contribution in [0.25, 0.3) is 0 Å². The number of hydrogen-bond donors (Lipinski definition) is 3. The fourth-order valence-electron chi connectivity index (χ4n) is 2.52. The average Bonchev–Trinajstić information content (AvgIpc) is 2.61. The molecule has 3 rings (SSSR count). The second-order valence-electron chi connectivity index (χ2n) is 4.73. The molecule has 1 aliphatic carbocycles. The highest BCUT2D eigenvalue weighted by Crippen LogP contribution is 2.36. The van der Waals surface area contributed by atoms with Crippen LogP contribution in [0.5, 0.6) is 5.75 Å². The number of aromatic hydroxyl groups is 1. The molecule has 0 radical (unpaired) electrons. The van der Waals surface area contributed by atoms with E-state index in [0.29, 0.717) is 0 Å². The molecule has 0 fully saturated rings. The summed E-state index contributed by atoms with van der Waals surface area (Å²) in [6.45, 7) is 0. The third kappa shape index (κ3) is 1.99. The lowest BCUT2D eigenvalue weighted by Gasteiger charge is -2.21. The van der Waals surface area contributed by atoms with Gasteiger partial charge in [0.15, 0.2) is 0 Å². The highest BCUT2D eigenvalue weighted by molar-refractivity contribution is 7.91. The molecule has 0 amide bonds. The van der Waals surface area contributed by atoms with Crippen LogP contribution in [0.3, 0.4) is 0 Å². The molecule has 0 atom stereocenters. The Morgan fingerprint density at radius 1 is 1.11 bits per heavy atom. The number of rotatable bonds is 1. The summed E-state index contributed by atoms with van der Waals surface area (Å²) in [5.41, 5.74) is 2.27. The number of aryl methyl sites for hydroxylation is 2. The van der Waals surface area contributed by atoms with Crippen molar-refractivity contribution >= 4 is 15.9 Å². The Morgan fingerprint density at radius 3 is 2.32 bits per heavy atom. The maximum absolute atomic E-state index is 11.8. The van der Waals surface area contributed by atoms with Gasteiger partial charge in [-0.3, -0.25) is 0 Å². The van der Waals surface area contributed by atoms with Crippen molar-refractivity contribution in [2.24, 2.45) is 0 Å². The summed E-state index contributed by atoms with van der Waals surface area (Å²) in [4.78, 5) is 0. The van der Waals surface area contributed by atoms with Gasteiger partial charge in [-0.15, -0.1) is 0 Å². The van der Waals surface area contributed by atoms with E-state index in [1.54, 1.807) is 12.1 Å². The van der Waals surface area contributed by atoms with E-state index in [-0.39, 0.29) is 11.4 Å². The summed E-state index contributed by atoms with van der Waals surface area (Å²) in [6.07, 6.45) is 4.95. The zero-order valence-electron chi connectivity index (χ0n) is 10.1. The quantitative estimate of drug-likeness (QED) is 0.724. The van der Waals surface area contributed by atoms with E-state index >= 15 is 0 Å². The molecule has 0 saturated carbocycles. The normalized spacial score (nSPS) is 20.6. The number of anilines is 1. The Hall–Kier alpha value is -1.89. The molecule has 6 nitrogen and oxygen atoms in total. The number of hydrogen-bond acceptors (Lipinski definition) is 4. The molecular formula is C12H14N2O4S. The van der Waals surface area contributed by atoms with Crippen LogP contribution in [0.2, 0.25) is 0 Å². The van der Waals surface area contributed by atoms with Crippen molar-refractivity contribution < 1.29 is 18.6 Å². The molecule has 0 bridgehead atoms. The molecule has 0 aromatic heterocycles. The average molecular weight is 282 g/mol. The Bertz CT molecular complexity index is 667. The Kier molecular flexibility index (Phi) is 2.60. The van der Waals surface area contributed by atoms with Crippen LogP contribution in [-0.4, -0.2) is 18.6 Å². The van der Waals surface area contributed by atoms with E-state index in [1.165, 1.54) is 0 Å². The number of phenolic OH excluding ortho intramolecular Hbond substituents is 1. The summed E-state index contributed by atoms with van der Waals surface area (Å²) >= 11 is 0. The molecule has 0 saturated heterocycles. The van der Waals surface area contributed by atoms with Crippen molar-refractivity contribution in [3.63, 3.8) is 0 Å². The SMILES string of the molecule is O=S1(=O)NC(O)=CN1c1cc2c(cc1O)CCCC2. The summed E-state index contributed by atoms with van der Waals surface area (Å²) in [5.74, 6) is -0.561. The van der Waals surface area contributed by atoms with Gasteiger partial charge in [0.05, 0.1) is 6.20 Å². The Balaban J connectivity index is 2.11. The molecule has 19 heavy (non-hydrogen) atoms. The highest BCUT2D eigenvalue weighted by atomic mass is 32.2. The predicted molar refractivity (Wildman–Crippen MR) is 70.0 cm³/mol. The maximum Gasteiger partial charge on any atom is 0.330 e. The molecule has 102 valence electrons. The molecule has 1 aromatic rings. The van der Waals surface area contributed by atoms with Crippen LogP contribution < -0.4 is 9.03 Å². The van der Waals surface area contributed by atoms with Crippen LogP contribution in [0.4, 0.5) is 5.69 Å². The molecule has 0 spiro atoms. The molecule has 0 unspecified atom stereocenters. The topological polar surface area (TPSA) is 89.9 Å². The first kappa shape index (κ1) is 12.2. The molecule has 7 heteroatoms. The fraction of sp³-hybridized carbons (Fsp3) is 0.333. The molecule has 2 aliphatic rings. The minimum absolute atomic E-state index is 0.100. The van der Waals surface area contributed by atoms with E-state index in [9.17, 15) is 18.6 Å². The van der Waals surface area contributed by atoms with Gasteiger partial charge in [-0.1, -0.05) is 0 Å². The first-order chi connectivity index (χ1) is 8.97. The third-order valence-corrected chi connectivity index (χ3v) is 4.70. The van der Waals surface area contributed by atoms with Crippen molar-refractivity contribution in [2.75, 3.05) is 4.31 Å². The van der Waals surface area contributed by atoms with Gasteiger partial charge in [0.1, 0.15) is 11.4 Å². The zero-order valence-corrected chi connectivity index (χ0v) is 10.9. The molecule has 1 aliphatic heterocycles. The standard InChI is InChI=1S/C12H14N2O4S/c15-11-6-9-4-2-1-3-8(9)5-10(11)14-7-12(16)13-19(14,17)18/h5-7,13,15-16H,1-4H2. The third-order valence-electron chi connectivity index (χ3n) is 3.41. The summed E-state index contributed by atoms with van der Waals surface area (Å²) < 4.78 is 26.4. The monoisotopic (exact) mass is 282 g/mol. The number of benzene rings is 1. The van der Waals surface area contributed by atoms with E-state index in [1.807, 2.05) is 4.72 Å². The molecule has 1 heterocycles. The number of nitrogens with zero attached hydrogens (tertiary/aromatic N) is 1. The minimum Gasteiger partial charge on any atom is -0.506 e. The highest BCUT2D eigenvalue weighted by Gasteiger charge is 2.31. The number of aliphatic hydroxyl groups is 1. The largest absolute Gasteiger partial charge is 0.506 e. The summed E-state index contributed by atoms with van der Waals surface area (Å²) in [6, 6.07) is 3.29. The van der Waals surface area contributed by atoms with Crippen LogP contribution in [0.1, 0.15) is 24.0 Å². The summed E-state index contributed by atoms with van der Waals surface area (Å²) in [5, 5.41) is 19.3. The lowest BCUT2D eigenvalue weighted by molar-refractivity contribution is 0.392. The van der Waals surface area contributed by atoms with E-state index < -0.39 is 16.1 Å². The van der Waals surface area contributed by atoms with Crippen molar-refractivity contribution in [1.29, 1.82) is 0 Å². The van der Waals surface area contributed by atoms with Crippen molar-refractivity contribution in [3.05, 3.63) is 35.3 Å². The van der Waals surface area contributed by atoms with Gasteiger partial charge in [0.25, 0.3) is 0 Å². The smallest absolute Gasteiger partial charge is 0.330 e. The van der Waals surface area contributed by atoms with Crippen LogP contribution in [0, 0.1) is 0 Å². The van der Waals surface area contributed by atoms with Crippen molar-refractivity contribution in [2.45, 2.75) is 25.7 Å². The second-order valence-corrected chi connectivity index (χ2v) is 6.28. The van der Waals surface area contributed by atoms with Gasteiger partial charge < -0.3 is 10.2 Å². The molecule has 1 aromatic carbocycles. The Labute approximate surface area is 111 Å². The maximum atomic E-state index is 11.8. The Morgan fingerprint density at radius 2 is 1.74 bits per heavy atom. The molecular weight excluding hydrogens is 268 g/mol. The van der Waals surface area contributed by atoms with Crippen molar-refractivity contribution in [1.82, 2.24) is 4.72 Å². The second kappa shape index (κ2) is 4.06. The minimum atomic E-state index is -3.86. The fourth-order valence-corrected chi connectivity index (χ4v) is 3.58. The number of aliphatic hydroxyl groups excluding tert-OH is 1. The van der Waals surface area contributed by atoms with E-state index in [2.05, 4.69) is 0 Å². The first-order valence-corrected chi connectivity index (χ1v) is 7.49.